The summed E-state index contributed by atoms with van der Waals surface area (Å²) in [6, 6.07) is 12.1. The minimum atomic E-state index is -0.198. The van der Waals surface area contributed by atoms with Crippen molar-refractivity contribution >= 4 is 38.9 Å². The van der Waals surface area contributed by atoms with Crippen LogP contribution >= 0.6 is 27.5 Å². The lowest BCUT2D eigenvalue weighted by atomic mass is 9.84. The molecule has 1 heterocycles. The number of carbonyl (C=O) groups is 1. The second-order valence-corrected chi connectivity index (χ2v) is 9.65. The standard InChI is InChI=1S/C22H22BrClO2.C4H11N/c1-4-18(19-7-5-16(23)11-20(19)13(2)3)22(25)15-9-14-10-17(24)6-8-21(14)26-12-15;1-3-4(2)5/h4-8,10-11,13,15H,9,12H2,1-3H3;4H,3,5H2,1-2H3/b18-4+;. The maximum Gasteiger partial charge on any atom is 0.169 e. The van der Waals surface area contributed by atoms with Crippen molar-refractivity contribution in [3.63, 3.8) is 0 Å². The van der Waals surface area contributed by atoms with E-state index in [-0.39, 0.29) is 11.7 Å². The first-order chi connectivity index (χ1) is 14.7. The summed E-state index contributed by atoms with van der Waals surface area (Å²) in [4.78, 5) is 13.3. The number of ether oxygens (including phenoxy) is 1. The smallest absolute Gasteiger partial charge is 0.169 e. The molecule has 0 radical (unpaired) electrons. The predicted octanol–water partition coefficient (Wildman–Crippen LogP) is 7.19. The number of fused-ring (bicyclic) bond motifs is 1. The van der Waals surface area contributed by atoms with E-state index in [4.69, 9.17) is 22.1 Å². The van der Waals surface area contributed by atoms with Crippen LogP contribution in [0.2, 0.25) is 5.02 Å². The van der Waals surface area contributed by atoms with Crippen LogP contribution in [-0.4, -0.2) is 18.4 Å². The lowest BCUT2D eigenvalue weighted by molar-refractivity contribution is -0.118. The minimum absolute atomic E-state index is 0.127. The fraction of sp³-hybridized carbons (Fsp3) is 0.423. The van der Waals surface area contributed by atoms with E-state index in [9.17, 15) is 4.79 Å². The second kappa shape index (κ2) is 11.8. The van der Waals surface area contributed by atoms with Crippen molar-refractivity contribution in [1.29, 1.82) is 0 Å². The number of halogens is 2. The highest BCUT2D eigenvalue weighted by Gasteiger charge is 2.29. The molecule has 2 atom stereocenters. The van der Waals surface area contributed by atoms with Gasteiger partial charge < -0.3 is 10.5 Å². The molecule has 3 rings (SSSR count). The summed E-state index contributed by atoms with van der Waals surface area (Å²) in [7, 11) is 0. The highest BCUT2D eigenvalue weighted by atomic mass is 79.9. The van der Waals surface area contributed by atoms with Gasteiger partial charge in [0.1, 0.15) is 5.75 Å². The van der Waals surface area contributed by atoms with Gasteiger partial charge in [-0.3, -0.25) is 4.79 Å². The van der Waals surface area contributed by atoms with Crippen LogP contribution in [0.3, 0.4) is 0 Å². The fourth-order valence-electron chi connectivity index (χ4n) is 3.44. The summed E-state index contributed by atoms with van der Waals surface area (Å²) < 4.78 is 6.85. The predicted molar refractivity (Wildman–Crippen MR) is 135 cm³/mol. The van der Waals surface area contributed by atoms with Gasteiger partial charge in [0, 0.05) is 21.1 Å². The molecule has 1 aliphatic heterocycles. The summed E-state index contributed by atoms with van der Waals surface area (Å²) in [6.07, 6.45) is 3.66. The molecule has 1 aliphatic rings. The van der Waals surface area contributed by atoms with Gasteiger partial charge in [-0.2, -0.15) is 0 Å². The molecule has 0 saturated carbocycles. The molecule has 2 aromatic rings. The van der Waals surface area contributed by atoms with E-state index >= 15 is 0 Å². The van der Waals surface area contributed by atoms with Gasteiger partial charge in [-0.25, -0.2) is 0 Å². The second-order valence-electron chi connectivity index (χ2n) is 8.30. The molecule has 5 heteroatoms. The number of ketones is 1. The fourth-order valence-corrected chi connectivity index (χ4v) is 4.01. The Kier molecular flexibility index (Phi) is 9.80. The third kappa shape index (κ3) is 6.93. The molecule has 0 fully saturated rings. The number of rotatable bonds is 5. The third-order valence-corrected chi connectivity index (χ3v) is 6.15. The Morgan fingerprint density at radius 2 is 1.94 bits per heavy atom. The van der Waals surface area contributed by atoms with Crippen LogP contribution in [0.5, 0.6) is 5.75 Å². The van der Waals surface area contributed by atoms with Gasteiger partial charge >= 0.3 is 0 Å². The SMILES string of the molecule is C/C=C(/C(=O)C1COc2ccc(Cl)cc2C1)c1ccc(Br)cc1C(C)C.CCC(C)N. The first-order valence-electron chi connectivity index (χ1n) is 10.8. The molecule has 3 nitrogen and oxygen atoms in total. The van der Waals surface area contributed by atoms with Crippen LogP contribution in [0.1, 0.15) is 63.6 Å². The Morgan fingerprint density at radius 3 is 2.52 bits per heavy atom. The van der Waals surface area contributed by atoms with Crippen molar-refractivity contribution in [3.05, 3.63) is 68.7 Å². The Balaban J connectivity index is 0.000000614. The van der Waals surface area contributed by atoms with Gasteiger partial charge in [-0.1, -0.05) is 60.4 Å². The highest BCUT2D eigenvalue weighted by Crippen LogP contribution is 2.35. The molecule has 2 unspecified atom stereocenters. The van der Waals surface area contributed by atoms with Crippen LogP contribution in [-0.2, 0) is 11.2 Å². The number of hydrogen-bond acceptors (Lipinski definition) is 3. The summed E-state index contributed by atoms with van der Waals surface area (Å²) >= 11 is 9.64. The van der Waals surface area contributed by atoms with Crippen molar-refractivity contribution < 1.29 is 9.53 Å². The van der Waals surface area contributed by atoms with Crippen LogP contribution < -0.4 is 10.5 Å². The summed E-state index contributed by atoms with van der Waals surface area (Å²) in [5.41, 5.74) is 9.23. The Bertz CT molecular complexity index is 937. The molecule has 0 amide bonds. The molecule has 2 N–H and O–H groups in total. The first-order valence-corrected chi connectivity index (χ1v) is 12.0. The summed E-state index contributed by atoms with van der Waals surface area (Å²) in [5, 5.41) is 0.668. The van der Waals surface area contributed by atoms with Gasteiger partial charge in [0.05, 0.1) is 12.5 Å². The number of hydrogen-bond donors (Lipinski definition) is 1. The van der Waals surface area contributed by atoms with Crippen molar-refractivity contribution in [2.75, 3.05) is 6.61 Å². The normalized spacial score (nSPS) is 16.7. The number of carbonyl (C=O) groups excluding carboxylic acids is 1. The lowest BCUT2D eigenvalue weighted by Gasteiger charge is -2.26. The van der Waals surface area contributed by atoms with Crippen LogP contribution in [0.15, 0.2) is 46.9 Å². The Hall–Kier alpha value is -1.62. The summed E-state index contributed by atoms with van der Waals surface area (Å²) in [5.74, 6) is 1.08. The molecule has 0 saturated heterocycles. The van der Waals surface area contributed by atoms with Crippen molar-refractivity contribution in [2.45, 2.75) is 59.4 Å². The van der Waals surface area contributed by atoms with Gasteiger partial charge in [-0.05, 0) is 79.6 Å². The van der Waals surface area contributed by atoms with Gasteiger partial charge in [0.25, 0.3) is 0 Å². The number of nitrogens with two attached hydrogens (primary N) is 1. The van der Waals surface area contributed by atoms with E-state index in [1.807, 2.05) is 50.3 Å². The van der Waals surface area contributed by atoms with Crippen molar-refractivity contribution in [2.24, 2.45) is 11.7 Å². The average molecular weight is 507 g/mol. The van der Waals surface area contributed by atoms with Gasteiger partial charge in [0.15, 0.2) is 5.78 Å². The highest BCUT2D eigenvalue weighted by molar-refractivity contribution is 9.10. The van der Waals surface area contributed by atoms with E-state index in [1.165, 1.54) is 5.56 Å². The zero-order chi connectivity index (χ0) is 23.1. The van der Waals surface area contributed by atoms with Crippen molar-refractivity contribution in [1.82, 2.24) is 0 Å². The topological polar surface area (TPSA) is 52.3 Å². The first kappa shape index (κ1) is 25.6. The Morgan fingerprint density at radius 1 is 1.26 bits per heavy atom. The maximum absolute atomic E-state index is 13.3. The Labute approximate surface area is 200 Å². The van der Waals surface area contributed by atoms with E-state index in [0.29, 0.717) is 30.0 Å². The number of allylic oxidation sites excluding steroid dienone is 2. The quantitative estimate of drug-likeness (QED) is 0.436. The zero-order valence-electron chi connectivity index (χ0n) is 19.0. The van der Waals surface area contributed by atoms with Crippen LogP contribution in [0.25, 0.3) is 5.57 Å². The van der Waals surface area contributed by atoms with E-state index < -0.39 is 0 Å². The minimum Gasteiger partial charge on any atom is -0.493 e. The van der Waals surface area contributed by atoms with Gasteiger partial charge in [-0.15, -0.1) is 0 Å². The molecular formula is C26H33BrClNO2. The van der Waals surface area contributed by atoms with E-state index in [1.54, 1.807) is 0 Å². The maximum atomic E-state index is 13.3. The number of Topliss-reactive ketones (excluding diaryl/α,β-unsaturated/α-hetero) is 1. The average Bonchev–Trinajstić information content (AvgIpc) is 2.74. The molecule has 0 bridgehead atoms. The largest absolute Gasteiger partial charge is 0.493 e. The zero-order valence-corrected chi connectivity index (χ0v) is 21.4. The molecule has 2 aromatic carbocycles. The monoisotopic (exact) mass is 505 g/mol. The van der Waals surface area contributed by atoms with Crippen LogP contribution in [0.4, 0.5) is 0 Å². The molecule has 168 valence electrons. The third-order valence-electron chi connectivity index (χ3n) is 5.42. The van der Waals surface area contributed by atoms with Crippen molar-refractivity contribution in [3.8, 4) is 5.75 Å². The van der Waals surface area contributed by atoms with Gasteiger partial charge in [0.2, 0.25) is 0 Å². The molecule has 0 aliphatic carbocycles. The molecule has 31 heavy (non-hydrogen) atoms. The molecular weight excluding hydrogens is 474 g/mol. The number of benzene rings is 2. The molecule has 0 spiro atoms. The van der Waals surface area contributed by atoms with E-state index in [2.05, 4.69) is 42.8 Å². The van der Waals surface area contributed by atoms with Crippen LogP contribution in [0, 0.1) is 5.92 Å². The molecule has 0 aromatic heterocycles. The lowest BCUT2D eigenvalue weighted by Crippen LogP contribution is -2.29. The van der Waals surface area contributed by atoms with E-state index in [0.717, 1.165) is 33.3 Å². The summed E-state index contributed by atoms with van der Waals surface area (Å²) in [6.45, 7) is 10.7.